The largest absolute Gasteiger partial charge is 0.265 e. The summed E-state index contributed by atoms with van der Waals surface area (Å²) in [6, 6.07) is 16.9. The summed E-state index contributed by atoms with van der Waals surface area (Å²) in [5.41, 5.74) is 4.90. The molecule has 4 heterocycles. The van der Waals surface area contributed by atoms with Crippen LogP contribution in [0.3, 0.4) is 0 Å². The number of hydrogen-bond acceptors (Lipinski definition) is 2. The maximum atomic E-state index is 9.87. The summed E-state index contributed by atoms with van der Waals surface area (Å²) in [7, 11) is -21.3. The van der Waals surface area contributed by atoms with Crippen LogP contribution in [-0.2, 0) is 13.1 Å². The van der Waals surface area contributed by atoms with Crippen LogP contribution in [0.4, 0.5) is 50.4 Å². The molecule has 0 spiro atoms. The number of pyridine rings is 4. The van der Waals surface area contributed by atoms with Crippen LogP contribution in [0.5, 0.6) is 0 Å². The predicted molar refractivity (Wildman–Crippen MR) is 145 cm³/mol. The number of unbranched alkanes of at least 4 members (excludes halogenated alkanes) is 3. The Hall–Kier alpha value is -3.38. The SMILES string of the molecule is F[P-](F)(F)(F)(F)F.F[P-](F)(F)(F)(F)F.c1cc(-c2cc[n+](CCCCCC[n+]3ccc(-c4ccncc4)cc3)cc2)ccn1. The van der Waals surface area contributed by atoms with Gasteiger partial charge < -0.3 is 0 Å². The van der Waals surface area contributed by atoms with E-state index >= 15 is 0 Å². The van der Waals surface area contributed by atoms with Gasteiger partial charge in [0.05, 0.1) is 0 Å². The number of nitrogens with zero attached hydrogens (tertiary/aromatic N) is 4. The third kappa shape index (κ3) is 22.2. The molecular formula is C26H28F12N4P2. The minimum absolute atomic E-state index is 1.07. The van der Waals surface area contributed by atoms with E-state index < -0.39 is 15.6 Å². The van der Waals surface area contributed by atoms with Gasteiger partial charge in [0.1, 0.15) is 13.1 Å². The molecule has 0 N–H and O–H groups in total. The van der Waals surface area contributed by atoms with E-state index in [1.54, 1.807) is 0 Å². The molecule has 246 valence electrons. The van der Waals surface area contributed by atoms with Crippen LogP contribution in [0, 0.1) is 0 Å². The Kier molecular flexibility index (Phi) is 10.5. The Bertz CT molecular complexity index is 1310. The number of halogens is 12. The van der Waals surface area contributed by atoms with Crippen molar-refractivity contribution in [2.45, 2.75) is 38.8 Å². The van der Waals surface area contributed by atoms with Gasteiger partial charge >= 0.3 is 66.0 Å². The van der Waals surface area contributed by atoms with Crippen LogP contribution >= 0.6 is 15.6 Å². The fourth-order valence-corrected chi connectivity index (χ4v) is 3.63. The molecule has 0 radical (unpaired) electrons. The molecule has 0 amide bonds. The normalized spacial score (nSPS) is 14.7. The average Bonchev–Trinajstić information content (AvgIpc) is 2.89. The van der Waals surface area contributed by atoms with E-state index in [4.69, 9.17) is 0 Å². The zero-order chi connectivity index (χ0) is 33.3. The Morgan fingerprint density at radius 2 is 0.614 bits per heavy atom. The van der Waals surface area contributed by atoms with Gasteiger partial charge in [-0.2, -0.15) is 0 Å². The molecule has 18 heteroatoms. The van der Waals surface area contributed by atoms with Gasteiger partial charge in [-0.25, -0.2) is 9.13 Å². The molecule has 0 fully saturated rings. The minimum atomic E-state index is -10.7. The van der Waals surface area contributed by atoms with Crippen molar-refractivity contribution in [3.8, 4) is 22.3 Å². The monoisotopic (exact) mass is 686 g/mol. The summed E-state index contributed by atoms with van der Waals surface area (Å²) in [5, 5.41) is 0. The van der Waals surface area contributed by atoms with Crippen molar-refractivity contribution < 1.29 is 59.5 Å². The maximum Gasteiger partial charge on any atom is 0.169 e. The Labute approximate surface area is 244 Å². The van der Waals surface area contributed by atoms with Gasteiger partial charge in [-0.3, -0.25) is 9.97 Å². The van der Waals surface area contributed by atoms with E-state index in [0.29, 0.717) is 0 Å². The average molecular weight is 686 g/mol. The summed E-state index contributed by atoms with van der Waals surface area (Å²) >= 11 is 0. The van der Waals surface area contributed by atoms with E-state index in [2.05, 4.69) is 68.2 Å². The van der Waals surface area contributed by atoms with Crippen molar-refractivity contribution in [1.82, 2.24) is 9.97 Å². The summed E-state index contributed by atoms with van der Waals surface area (Å²) < 4.78 is 123. The number of rotatable bonds is 9. The Morgan fingerprint density at radius 3 is 0.864 bits per heavy atom. The second-order valence-corrected chi connectivity index (χ2v) is 13.3. The molecule has 0 bridgehead atoms. The first-order chi connectivity index (χ1) is 19.8. The maximum absolute atomic E-state index is 10.7. The first-order valence-corrected chi connectivity index (χ1v) is 16.8. The number of hydrogen-bond donors (Lipinski definition) is 0. The van der Waals surface area contributed by atoms with Gasteiger partial charge in [0, 0.05) is 61.9 Å². The topological polar surface area (TPSA) is 33.5 Å². The molecule has 0 aliphatic rings. The van der Waals surface area contributed by atoms with Crippen molar-refractivity contribution in [1.29, 1.82) is 0 Å². The van der Waals surface area contributed by atoms with Crippen LogP contribution in [0.15, 0.2) is 98.1 Å². The second kappa shape index (κ2) is 12.5. The molecule has 0 unspecified atom stereocenters. The van der Waals surface area contributed by atoms with E-state index in [1.165, 1.54) is 47.9 Å². The number of aromatic nitrogens is 4. The fourth-order valence-electron chi connectivity index (χ4n) is 3.63. The first kappa shape index (κ1) is 36.8. The van der Waals surface area contributed by atoms with Gasteiger partial charge in [-0.05, 0) is 59.4 Å². The Balaban J connectivity index is 0.000000402. The molecule has 4 aromatic rings. The molecule has 0 saturated carbocycles. The van der Waals surface area contributed by atoms with E-state index in [9.17, 15) is 50.4 Å². The predicted octanol–water partition coefficient (Wildman–Crippen LogP) is 11.4. The van der Waals surface area contributed by atoms with Crippen molar-refractivity contribution in [3.63, 3.8) is 0 Å². The minimum Gasteiger partial charge on any atom is -0.265 e. The van der Waals surface area contributed by atoms with Crippen LogP contribution < -0.4 is 9.13 Å². The zero-order valence-electron chi connectivity index (χ0n) is 22.7. The molecule has 0 saturated heterocycles. The smallest absolute Gasteiger partial charge is 0.169 e. The van der Waals surface area contributed by atoms with Crippen molar-refractivity contribution >= 4 is 15.6 Å². The molecule has 44 heavy (non-hydrogen) atoms. The van der Waals surface area contributed by atoms with Gasteiger partial charge in [0.25, 0.3) is 0 Å². The second-order valence-electron chi connectivity index (χ2n) is 9.45. The summed E-state index contributed by atoms with van der Waals surface area (Å²) in [4.78, 5) is 8.16. The summed E-state index contributed by atoms with van der Waals surface area (Å²) in [5.74, 6) is 0. The standard InChI is InChI=1S/C26H28N4.2F6P/c1(3-17-29-19-9-25(10-20-29)23-5-13-27-14-6-23)2-4-18-30-21-11-26(12-22-30)24-7-15-28-16-8-24;2*1-7(2,3,4,5)6/h5-16,19-22H,1-4,17-18H2;;/q+2;2*-1. The summed E-state index contributed by atoms with van der Waals surface area (Å²) in [6.07, 6.45) is 21.0. The molecule has 0 aliphatic heterocycles. The van der Waals surface area contributed by atoms with Crippen LogP contribution in [0.2, 0.25) is 0 Å². The Morgan fingerprint density at radius 1 is 0.386 bits per heavy atom. The number of aryl methyl sites for hydroxylation is 2. The van der Waals surface area contributed by atoms with Crippen molar-refractivity contribution in [3.05, 3.63) is 98.1 Å². The summed E-state index contributed by atoms with van der Waals surface area (Å²) in [6.45, 7) is 2.15. The molecular weight excluding hydrogens is 658 g/mol. The fraction of sp³-hybridized carbons (Fsp3) is 0.231. The third-order valence-electron chi connectivity index (χ3n) is 5.39. The van der Waals surface area contributed by atoms with Crippen molar-refractivity contribution in [2.24, 2.45) is 0 Å². The van der Waals surface area contributed by atoms with E-state index in [0.717, 1.165) is 13.1 Å². The van der Waals surface area contributed by atoms with Gasteiger partial charge in [-0.15, -0.1) is 0 Å². The molecule has 4 nitrogen and oxygen atoms in total. The van der Waals surface area contributed by atoms with Crippen molar-refractivity contribution in [2.75, 3.05) is 0 Å². The molecule has 0 aliphatic carbocycles. The molecule has 0 atom stereocenters. The van der Waals surface area contributed by atoms with Gasteiger partial charge in [0.2, 0.25) is 0 Å². The first-order valence-electron chi connectivity index (χ1n) is 12.7. The van der Waals surface area contributed by atoms with Crippen LogP contribution in [0.1, 0.15) is 25.7 Å². The zero-order valence-corrected chi connectivity index (χ0v) is 24.5. The van der Waals surface area contributed by atoms with Crippen LogP contribution in [-0.4, -0.2) is 9.97 Å². The van der Waals surface area contributed by atoms with Gasteiger partial charge in [-0.1, -0.05) is 0 Å². The molecule has 4 aromatic heterocycles. The van der Waals surface area contributed by atoms with Gasteiger partial charge in [0.15, 0.2) is 24.8 Å². The van der Waals surface area contributed by atoms with E-state index in [1.807, 2.05) is 49.1 Å². The quantitative estimate of drug-likeness (QED) is 0.0760. The van der Waals surface area contributed by atoms with Crippen LogP contribution in [0.25, 0.3) is 22.3 Å². The van der Waals surface area contributed by atoms with E-state index in [-0.39, 0.29) is 0 Å². The molecule has 4 rings (SSSR count). The third-order valence-corrected chi connectivity index (χ3v) is 5.39. The molecule has 0 aromatic carbocycles.